The van der Waals surface area contributed by atoms with Gasteiger partial charge in [0.25, 0.3) is 5.91 Å². The minimum atomic E-state index is -0.225. The maximum atomic E-state index is 13.4. The summed E-state index contributed by atoms with van der Waals surface area (Å²) in [5.74, 6) is 0.465. The van der Waals surface area contributed by atoms with Crippen LogP contribution in [0.2, 0.25) is 0 Å². The molecule has 0 radical (unpaired) electrons. The summed E-state index contributed by atoms with van der Waals surface area (Å²) in [6.45, 7) is 2.57. The lowest BCUT2D eigenvalue weighted by atomic mass is 9.78. The van der Waals surface area contributed by atoms with Crippen molar-refractivity contribution < 1.29 is 9.18 Å². The highest BCUT2D eigenvalue weighted by molar-refractivity contribution is 7.98. The zero-order valence-electron chi connectivity index (χ0n) is 17.0. The number of benzene rings is 2. The van der Waals surface area contributed by atoms with E-state index in [1.165, 1.54) is 12.1 Å². The minimum absolute atomic E-state index is 0.0547. The van der Waals surface area contributed by atoms with Gasteiger partial charge in [-0.2, -0.15) is 0 Å². The molecule has 1 amide bonds. The molecule has 0 atom stereocenters. The Labute approximate surface area is 185 Å². The fourth-order valence-electron chi connectivity index (χ4n) is 4.17. The van der Waals surface area contributed by atoms with Gasteiger partial charge < -0.3 is 5.32 Å². The Kier molecular flexibility index (Phi) is 6.54. The van der Waals surface area contributed by atoms with Gasteiger partial charge in [0.2, 0.25) is 0 Å². The molecule has 0 aliphatic heterocycles. The number of nitrogens with zero attached hydrogens (tertiary/aromatic N) is 1. The molecule has 2 aromatic carbocycles. The number of halogens is 1. The molecule has 1 aliphatic carbocycles. The van der Waals surface area contributed by atoms with Gasteiger partial charge in [0, 0.05) is 28.0 Å². The number of thiazole rings is 1. The molecule has 3 nitrogen and oxygen atoms in total. The van der Waals surface area contributed by atoms with Crippen LogP contribution in [0, 0.1) is 12.7 Å². The van der Waals surface area contributed by atoms with Crippen LogP contribution in [0.15, 0.2) is 58.8 Å². The highest BCUT2D eigenvalue weighted by Gasteiger charge is 2.36. The van der Waals surface area contributed by atoms with E-state index in [2.05, 4.69) is 15.7 Å². The van der Waals surface area contributed by atoms with E-state index in [4.69, 9.17) is 0 Å². The minimum Gasteiger partial charge on any atom is -0.351 e. The number of hydrogen-bond donors (Lipinski definition) is 1. The average Bonchev–Trinajstić information content (AvgIpc) is 3.41. The third kappa shape index (κ3) is 4.76. The van der Waals surface area contributed by atoms with Gasteiger partial charge in [-0.15, -0.1) is 23.1 Å². The first-order chi connectivity index (χ1) is 14.6. The van der Waals surface area contributed by atoms with Crippen LogP contribution >= 0.6 is 23.1 Å². The summed E-state index contributed by atoms with van der Waals surface area (Å²) in [5.41, 5.74) is 2.74. The predicted molar refractivity (Wildman–Crippen MR) is 122 cm³/mol. The number of thioether (sulfide) groups is 1. The fourth-order valence-corrected chi connectivity index (χ4v) is 5.83. The van der Waals surface area contributed by atoms with Crippen molar-refractivity contribution in [1.82, 2.24) is 10.3 Å². The maximum Gasteiger partial charge on any atom is 0.252 e. The molecule has 1 N–H and O–H groups in total. The van der Waals surface area contributed by atoms with E-state index in [9.17, 15) is 9.18 Å². The molecule has 1 aromatic heterocycles. The summed E-state index contributed by atoms with van der Waals surface area (Å²) in [5, 5.41) is 6.30. The maximum absolute atomic E-state index is 13.4. The Bertz CT molecular complexity index is 1010. The SMILES string of the molecule is Cc1nc(CSc2ccccc2C(=O)NCC2(c3ccc(F)cc3)CCCC2)cs1. The Morgan fingerprint density at radius 3 is 2.60 bits per heavy atom. The molecule has 156 valence electrons. The summed E-state index contributed by atoms with van der Waals surface area (Å²) < 4.78 is 13.4. The lowest BCUT2D eigenvalue weighted by molar-refractivity contribution is 0.0940. The number of hydrogen-bond acceptors (Lipinski definition) is 4. The lowest BCUT2D eigenvalue weighted by Crippen LogP contribution is -2.39. The Hall–Kier alpha value is -2.18. The number of rotatable bonds is 7. The van der Waals surface area contributed by atoms with Crippen molar-refractivity contribution in [3.05, 3.63) is 81.6 Å². The van der Waals surface area contributed by atoms with Crippen LogP contribution in [0.5, 0.6) is 0 Å². The number of carbonyl (C=O) groups excluding carboxylic acids is 1. The summed E-state index contributed by atoms with van der Waals surface area (Å²) >= 11 is 3.28. The van der Waals surface area contributed by atoms with Crippen LogP contribution in [0.4, 0.5) is 4.39 Å². The summed E-state index contributed by atoms with van der Waals surface area (Å²) in [7, 11) is 0. The third-order valence-electron chi connectivity index (χ3n) is 5.78. The Morgan fingerprint density at radius 2 is 1.90 bits per heavy atom. The summed E-state index contributed by atoms with van der Waals surface area (Å²) in [4.78, 5) is 18.5. The molecule has 1 aliphatic rings. The second-order valence-electron chi connectivity index (χ2n) is 7.82. The van der Waals surface area contributed by atoms with Crippen molar-refractivity contribution in [3.63, 3.8) is 0 Å². The van der Waals surface area contributed by atoms with Crippen LogP contribution in [0.25, 0.3) is 0 Å². The highest BCUT2D eigenvalue weighted by Crippen LogP contribution is 2.40. The molecule has 6 heteroatoms. The van der Waals surface area contributed by atoms with Crippen molar-refractivity contribution in [3.8, 4) is 0 Å². The number of carbonyl (C=O) groups is 1. The van der Waals surface area contributed by atoms with Crippen molar-refractivity contribution in [2.24, 2.45) is 0 Å². The molecule has 1 saturated carbocycles. The first-order valence-corrected chi connectivity index (χ1v) is 12.1. The van der Waals surface area contributed by atoms with E-state index in [1.54, 1.807) is 23.1 Å². The number of nitrogens with one attached hydrogen (secondary N) is 1. The van der Waals surface area contributed by atoms with Gasteiger partial charge in [-0.25, -0.2) is 9.37 Å². The van der Waals surface area contributed by atoms with Gasteiger partial charge in [0.15, 0.2) is 0 Å². The number of aryl methyl sites for hydroxylation is 1. The smallest absolute Gasteiger partial charge is 0.252 e. The molecule has 0 saturated heterocycles. The zero-order chi connectivity index (χ0) is 21.0. The first kappa shape index (κ1) is 21.1. The molecule has 30 heavy (non-hydrogen) atoms. The van der Waals surface area contributed by atoms with Crippen LogP contribution in [0.3, 0.4) is 0 Å². The molecule has 0 bridgehead atoms. The van der Waals surface area contributed by atoms with Crippen LogP contribution in [-0.2, 0) is 11.2 Å². The molecular weight excluding hydrogens is 415 g/mol. The van der Waals surface area contributed by atoms with Gasteiger partial charge >= 0.3 is 0 Å². The molecule has 4 rings (SSSR count). The normalized spacial score (nSPS) is 15.3. The largest absolute Gasteiger partial charge is 0.351 e. The van der Waals surface area contributed by atoms with E-state index in [0.717, 1.165) is 52.6 Å². The fraction of sp³-hybridized carbons (Fsp3) is 0.333. The highest BCUT2D eigenvalue weighted by atomic mass is 32.2. The second-order valence-corrected chi connectivity index (χ2v) is 9.90. The Morgan fingerprint density at radius 1 is 1.17 bits per heavy atom. The van der Waals surface area contributed by atoms with Crippen molar-refractivity contribution in [2.75, 3.05) is 6.54 Å². The van der Waals surface area contributed by atoms with Gasteiger partial charge in [-0.3, -0.25) is 4.79 Å². The van der Waals surface area contributed by atoms with Crippen LogP contribution in [0.1, 0.15) is 52.3 Å². The monoisotopic (exact) mass is 440 g/mol. The molecule has 0 spiro atoms. The second kappa shape index (κ2) is 9.31. The first-order valence-electron chi connectivity index (χ1n) is 10.2. The van der Waals surface area contributed by atoms with E-state index in [0.29, 0.717) is 12.1 Å². The van der Waals surface area contributed by atoms with Gasteiger partial charge in [0.05, 0.1) is 16.3 Å². The van der Waals surface area contributed by atoms with Crippen molar-refractivity contribution in [1.29, 1.82) is 0 Å². The molecular formula is C24H25FN2OS2. The lowest BCUT2D eigenvalue weighted by Gasteiger charge is -2.30. The van der Waals surface area contributed by atoms with Gasteiger partial charge in [-0.1, -0.05) is 37.1 Å². The molecule has 0 unspecified atom stereocenters. The number of aromatic nitrogens is 1. The number of amides is 1. The van der Waals surface area contributed by atoms with E-state index >= 15 is 0 Å². The summed E-state index contributed by atoms with van der Waals surface area (Å²) in [6, 6.07) is 14.5. The van der Waals surface area contributed by atoms with E-state index in [1.807, 2.05) is 43.3 Å². The van der Waals surface area contributed by atoms with Crippen molar-refractivity contribution >= 4 is 29.0 Å². The standard InChI is InChI=1S/C24H25FN2OS2/c1-17-27-20(14-29-17)15-30-22-7-3-2-6-21(22)23(28)26-16-24(12-4-5-13-24)18-8-10-19(25)11-9-18/h2-3,6-11,14H,4-5,12-13,15-16H2,1H3,(H,26,28). The van der Waals surface area contributed by atoms with E-state index in [-0.39, 0.29) is 17.1 Å². The zero-order valence-corrected chi connectivity index (χ0v) is 18.6. The Balaban J connectivity index is 1.46. The van der Waals surface area contributed by atoms with Gasteiger partial charge in [0.1, 0.15) is 5.82 Å². The van der Waals surface area contributed by atoms with Crippen LogP contribution in [-0.4, -0.2) is 17.4 Å². The van der Waals surface area contributed by atoms with Gasteiger partial charge in [-0.05, 0) is 49.6 Å². The van der Waals surface area contributed by atoms with Crippen molar-refractivity contribution in [2.45, 2.75) is 48.7 Å². The van der Waals surface area contributed by atoms with E-state index < -0.39 is 0 Å². The third-order valence-corrected chi connectivity index (χ3v) is 7.71. The molecule has 3 aromatic rings. The predicted octanol–water partition coefficient (Wildman–Crippen LogP) is 6.12. The molecule has 1 heterocycles. The van der Waals surface area contributed by atoms with Crippen LogP contribution < -0.4 is 5.32 Å². The average molecular weight is 441 g/mol. The molecule has 1 fully saturated rings. The quantitative estimate of drug-likeness (QED) is 0.450. The topological polar surface area (TPSA) is 42.0 Å². The summed E-state index contributed by atoms with van der Waals surface area (Å²) in [6.07, 6.45) is 4.29.